The van der Waals surface area contributed by atoms with Gasteiger partial charge in [0.05, 0.1) is 7.11 Å². The second-order valence-corrected chi connectivity index (χ2v) is 3.47. The van der Waals surface area contributed by atoms with E-state index in [9.17, 15) is 9.90 Å². The Balaban J connectivity index is 2.48. The van der Waals surface area contributed by atoms with Crippen molar-refractivity contribution in [2.24, 2.45) is 0 Å². The van der Waals surface area contributed by atoms with Gasteiger partial charge in [-0.15, -0.1) is 0 Å². The molecule has 0 fully saturated rings. The minimum Gasteiger partial charge on any atom is -0.507 e. The predicted molar refractivity (Wildman–Crippen MR) is 62.7 cm³/mol. The highest BCUT2D eigenvalue weighted by Crippen LogP contribution is 2.25. The van der Waals surface area contributed by atoms with Gasteiger partial charge in [0, 0.05) is 18.0 Å². The van der Waals surface area contributed by atoms with Crippen LogP contribution in [0, 0.1) is 0 Å². The zero-order chi connectivity index (χ0) is 12.3. The monoisotopic (exact) mass is 229 g/mol. The number of aromatic nitrogens is 1. The van der Waals surface area contributed by atoms with Crippen LogP contribution in [0.1, 0.15) is 10.4 Å². The van der Waals surface area contributed by atoms with E-state index >= 15 is 0 Å². The van der Waals surface area contributed by atoms with Gasteiger partial charge in [-0.1, -0.05) is 12.1 Å². The molecule has 0 aliphatic heterocycles. The van der Waals surface area contributed by atoms with Crippen molar-refractivity contribution < 1.29 is 14.6 Å². The zero-order valence-electron chi connectivity index (χ0n) is 9.25. The summed E-state index contributed by atoms with van der Waals surface area (Å²) < 4.78 is 4.59. The molecule has 0 bridgehead atoms. The number of benzene rings is 1. The molecule has 0 spiro atoms. The number of ether oxygens (including phenoxy) is 1. The van der Waals surface area contributed by atoms with E-state index < -0.39 is 5.97 Å². The lowest BCUT2D eigenvalue weighted by molar-refractivity contribution is 0.0597. The van der Waals surface area contributed by atoms with Crippen LogP contribution in [0.4, 0.5) is 0 Å². The summed E-state index contributed by atoms with van der Waals surface area (Å²) >= 11 is 0. The highest BCUT2D eigenvalue weighted by Gasteiger charge is 2.12. The summed E-state index contributed by atoms with van der Waals surface area (Å²) in [6, 6.07) is 8.45. The average molecular weight is 229 g/mol. The van der Waals surface area contributed by atoms with Gasteiger partial charge in [-0.05, 0) is 23.8 Å². The van der Waals surface area contributed by atoms with Crippen LogP contribution in [-0.4, -0.2) is 23.2 Å². The normalized spacial score (nSPS) is 9.94. The van der Waals surface area contributed by atoms with E-state index in [0.29, 0.717) is 0 Å². The Morgan fingerprint density at radius 1 is 1.29 bits per heavy atom. The van der Waals surface area contributed by atoms with Gasteiger partial charge in [-0.2, -0.15) is 0 Å². The molecule has 86 valence electrons. The van der Waals surface area contributed by atoms with Crippen LogP contribution in [0.3, 0.4) is 0 Å². The van der Waals surface area contributed by atoms with Crippen molar-refractivity contribution in [3.05, 3.63) is 48.3 Å². The van der Waals surface area contributed by atoms with Crippen LogP contribution in [0.25, 0.3) is 11.1 Å². The second kappa shape index (κ2) is 4.65. The summed E-state index contributed by atoms with van der Waals surface area (Å²) in [6.07, 6.45) is 3.36. The number of carbonyl (C=O) groups is 1. The lowest BCUT2D eigenvalue weighted by Gasteiger charge is -2.06. The maximum absolute atomic E-state index is 11.4. The Kier molecular flexibility index (Phi) is 3.05. The van der Waals surface area contributed by atoms with E-state index in [1.807, 2.05) is 6.07 Å². The van der Waals surface area contributed by atoms with E-state index in [1.165, 1.54) is 13.2 Å². The maximum Gasteiger partial charge on any atom is 0.341 e. The van der Waals surface area contributed by atoms with Crippen LogP contribution < -0.4 is 0 Å². The van der Waals surface area contributed by atoms with E-state index in [1.54, 1.807) is 30.6 Å². The number of aromatic hydroxyl groups is 1. The Hall–Kier alpha value is -2.36. The van der Waals surface area contributed by atoms with Gasteiger partial charge in [0.25, 0.3) is 0 Å². The van der Waals surface area contributed by atoms with Crippen molar-refractivity contribution in [2.75, 3.05) is 7.11 Å². The van der Waals surface area contributed by atoms with E-state index in [-0.39, 0.29) is 11.3 Å². The van der Waals surface area contributed by atoms with Crippen LogP contribution in [0.2, 0.25) is 0 Å². The van der Waals surface area contributed by atoms with Gasteiger partial charge in [-0.3, -0.25) is 4.98 Å². The first kappa shape index (κ1) is 11.1. The van der Waals surface area contributed by atoms with Crippen LogP contribution >= 0.6 is 0 Å². The maximum atomic E-state index is 11.4. The summed E-state index contributed by atoms with van der Waals surface area (Å²) in [6.45, 7) is 0. The lowest BCUT2D eigenvalue weighted by atomic mass is 10.0. The lowest BCUT2D eigenvalue weighted by Crippen LogP contribution is -2.01. The van der Waals surface area contributed by atoms with Gasteiger partial charge in [0.1, 0.15) is 11.3 Å². The molecule has 0 saturated heterocycles. The highest BCUT2D eigenvalue weighted by atomic mass is 16.5. The number of nitrogens with zero attached hydrogens (tertiary/aromatic N) is 1. The van der Waals surface area contributed by atoms with Gasteiger partial charge >= 0.3 is 5.97 Å². The van der Waals surface area contributed by atoms with Crippen LogP contribution in [0.5, 0.6) is 5.75 Å². The molecule has 1 N–H and O–H groups in total. The number of phenolic OH excluding ortho intramolecular Hbond substituents is 1. The molecule has 4 heteroatoms. The van der Waals surface area contributed by atoms with Crippen LogP contribution in [0.15, 0.2) is 42.7 Å². The number of esters is 1. The van der Waals surface area contributed by atoms with E-state index in [0.717, 1.165) is 11.1 Å². The molecule has 0 atom stereocenters. The molecule has 2 rings (SSSR count). The van der Waals surface area contributed by atoms with Crippen molar-refractivity contribution >= 4 is 5.97 Å². The number of phenols is 1. The van der Waals surface area contributed by atoms with Crippen molar-refractivity contribution in [3.63, 3.8) is 0 Å². The van der Waals surface area contributed by atoms with Gasteiger partial charge in [-0.25, -0.2) is 4.79 Å². The molecule has 0 unspecified atom stereocenters. The number of carbonyl (C=O) groups excluding carboxylic acids is 1. The molecule has 0 radical (unpaired) electrons. The molecule has 0 aliphatic rings. The topological polar surface area (TPSA) is 59.4 Å². The number of rotatable bonds is 2. The first-order valence-electron chi connectivity index (χ1n) is 5.04. The minimum atomic E-state index is -0.562. The molecular formula is C13H11NO3. The molecule has 1 aromatic heterocycles. The first-order valence-corrected chi connectivity index (χ1v) is 5.04. The molecule has 1 heterocycles. The summed E-state index contributed by atoms with van der Waals surface area (Å²) in [5.74, 6) is -0.655. The van der Waals surface area contributed by atoms with E-state index in [2.05, 4.69) is 9.72 Å². The largest absolute Gasteiger partial charge is 0.507 e. The average Bonchev–Trinajstić information content (AvgIpc) is 2.39. The smallest absolute Gasteiger partial charge is 0.341 e. The van der Waals surface area contributed by atoms with Gasteiger partial charge < -0.3 is 9.84 Å². The highest BCUT2D eigenvalue weighted by molar-refractivity contribution is 5.93. The predicted octanol–water partition coefficient (Wildman–Crippen LogP) is 2.24. The second-order valence-electron chi connectivity index (χ2n) is 3.47. The number of hydrogen-bond donors (Lipinski definition) is 1. The minimum absolute atomic E-state index is 0.0931. The SMILES string of the molecule is COC(=O)c1cc(-c2cccnc2)ccc1O. The Bertz CT molecular complexity index is 538. The molecule has 4 nitrogen and oxygen atoms in total. The summed E-state index contributed by atoms with van der Waals surface area (Å²) in [7, 11) is 1.28. The molecule has 0 saturated carbocycles. The van der Waals surface area contributed by atoms with Gasteiger partial charge in [0.15, 0.2) is 0 Å². The molecule has 0 amide bonds. The van der Waals surface area contributed by atoms with Crippen molar-refractivity contribution in [2.45, 2.75) is 0 Å². The van der Waals surface area contributed by atoms with E-state index in [4.69, 9.17) is 0 Å². The first-order chi connectivity index (χ1) is 8.22. The molecule has 2 aromatic rings. The fourth-order valence-corrected chi connectivity index (χ4v) is 1.52. The summed E-state index contributed by atoms with van der Waals surface area (Å²) in [5.41, 5.74) is 1.82. The Morgan fingerprint density at radius 2 is 2.12 bits per heavy atom. The van der Waals surface area contributed by atoms with Crippen molar-refractivity contribution in [3.8, 4) is 16.9 Å². The molecular weight excluding hydrogens is 218 g/mol. The Labute approximate surface area is 98.5 Å². The number of pyridine rings is 1. The van der Waals surface area contributed by atoms with Crippen LogP contribution in [-0.2, 0) is 4.74 Å². The van der Waals surface area contributed by atoms with Crippen molar-refractivity contribution in [1.29, 1.82) is 0 Å². The number of methoxy groups -OCH3 is 1. The fraction of sp³-hybridized carbons (Fsp3) is 0.0769. The molecule has 17 heavy (non-hydrogen) atoms. The van der Waals surface area contributed by atoms with Crippen molar-refractivity contribution in [1.82, 2.24) is 4.98 Å². The molecule has 0 aliphatic carbocycles. The third-order valence-corrected chi connectivity index (χ3v) is 2.40. The third kappa shape index (κ3) is 2.25. The third-order valence-electron chi connectivity index (χ3n) is 2.40. The quantitative estimate of drug-likeness (QED) is 0.802. The van der Waals surface area contributed by atoms with Gasteiger partial charge in [0.2, 0.25) is 0 Å². The summed E-state index contributed by atoms with van der Waals surface area (Å²) in [5, 5.41) is 9.57. The standard InChI is InChI=1S/C13H11NO3/c1-17-13(16)11-7-9(4-5-12(11)15)10-3-2-6-14-8-10/h2-8,15H,1H3. The fourth-order valence-electron chi connectivity index (χ4n) is 1.52. The zero-order valence-corrected chi connectivity index (χ0v) is 9.25. The number of hydrogen-bond acceptors (Lipinski definition) is 4. The summed E-state index contributed by atoms with van der Waals surface area (Å²) in [4.78, 5) is 15.4. The molecule has 1 aromatic carbocycles. The Morgan fingerprint density at radius 3 is 2.76 bits per heavy atom.